The molecule has 0 amide bonds. The molecule has 8 heteroatoms. The van der Waals surface area contributed by atoms with Crippen LogP contribution >= 0.6 is 34.4 Å². The maximum Gasteiger partial charge on any atom is 0.263 e. The van der Waals surface area contributed by atoms with Crippen LogP contribution < -0.4 is 10.3 Å². The number of nitrogens with zero attached hydrogens (tertiary/aromatic N) is 2. The number of ketones is 1. The number of fused-ring (bicyclic) bond motifs is 1. The number of thioether (sulfide) groups is 1. The summed E-state index contributed by atoms with van der Waals surface area (Å²) in [6.07, 6.45) is 1.71. The summed E-state index contributed by atoms with van der Waals surface area (Å²) in [7, 11) is 0. The van der Waals surface area contributed by atoms with E-state index in [1.807, 2.05) is 41.9 Å². The summed E-state index contributed by atoms with van der Waals surface area (Å²) in [5.74, 6) is 1.26. The molecule has 0 unspecified atom stereocenters. The molecular weight excluding hydrogens is 460 g/mol. The van der Waals surface area contributed by atoms with Gasteiger partial charge in [-0.05, 0) is 43.5 Å². The number of allylic oxidation sites excluding steroid dienone is 1. The Bertz CT molecular complexity index is 1340. The first-order chi connectivity index (χ1) is 15.5. The number of hydrogen-bond acceptors (Lipinski definition) is 7. The van der Waals surface area contributed by atoms with Gasteiger partial charge in [-0.15, -0.1) is 29.3 Å². The number of thiophene rings is 2. The van der Waals surface area contributed by atoms with Gasteiger partial charge in [-0.25, -0.2) is 4.98 Å². The topological polar surface area (TPSA) is 61.2 Å². The predicted octanol–water partition coefficient (Wildman–Crippen LogP) is 6.27. The highest BCUT2D eigenvalue weighted by atomic mass is 32.2. The van der Waals surface area contributed by atoms with Crippen LogP contribution in [0.4, 0.5) is 0 Å². The average molecular weight is 483 g/mol. The van der Waals surface area contributed by atoms with Crippen LogP contribution in [0.5, 0.6) is 5.75 Å². The van der Waals surface area contributed by atoms with Crippen LogP contribution in [0.1, 0.15) is 29.8 Å². The Balaban J connectivity index is 1.75. The molecular formula is C24H22N2O3S3. The molecule has 0 spiro atoms. The van der Waals surface area contributed by atoms with Crippen molar-refractivity contribution in [3.8, 4) is 16.2 Å². The van der Waals surface area contributed by atoms with Gasteiger partial charge in [0.1, 0.15) is 10.6 Å². The summed E-state index contributed by atoms with van der Waals surface area (Å²) in [6.45, 7) is 8.19. The molecule has 0 aliphatic rings. The van der Waals surface area contributed by atoms with Gasteiger partial charge in [0.2, 0.25) is 0 Å². The Hall–Kier alpha value is -2.68. The zero-order valence-electron chi connectivity index (χ0n) is 17.8. The molecule has 3 heterocycles. The van der Waals surface area contributed by atoms with E-state index >= 15 is 0 Å². The summed E-state index contributed by atoms with van der Waals surface area (Å²) in [6, 6.07) is 9.46. The summed E-state index contributed by atoms with van der Waals surface area (Å²) >= 11 is 4.55. The highest BCUT2D eigenvalue weighted by molar-refractivity contribution is 7.98. The molecule has 4 rings (SSSR count). The van der Waals surface area contributed by atoms with E-state index in [2.05, 4.69) is 6.58 Å². The monoisotopic (exact) mass is 482 g/mol. The van der Waals surface area contributed by atoms with Crippen LogP contribution in [0.25, 0.3) is 20.7 Å². The van der Waals surface area contributed by atoms with Gasteiger partial charge in [0.05, 0.1) is 12.0 Å². The first-order valence-electron chi connectivity index (χ1n) is 10.1. The number of carbonyl (C=O) groups excluding carboxylic acids is 1. The third-order valence-corrected chi connectivity index (χ3v) is 7.68. The molecule has 5 nitrogen and oxygen atoms in total. The second-order valence-electron chi connectivity index (χ2n) is 7.01. The quantitative estimate of drug-likeness (QED) is 0.122. The van der Waals surface area contributed by atoms with Crippen LogP contribution in [0.3, 0.4) is 0 Å². The largest absolute Gasteiger partial charge is 0.494 e. The Morgan fingerprint density at radius 1 is 1.31 bits per heavy atom. The fourth-order valence-electron chi connectivity index (χ4n) is 3.37. The highest BCUT2D eigenvalue weighted by Crippen LogP contribution is 2.35. The van der Waals surface area contributed by atoms with E-state index in [1.165, 1.54) is 23.1 Å². The van der Waals surface area contributed by atoms with Gasteiger partial charge in [0, 0.05) is 39.2 Å². The van der Waals surface area contributed by atoms with Crippen molar-refractivity contribution in [2.24, 2.45) is 0 Å². The molecule has 0 aliphatic carbocycles. The molecule has 0 aliphatic heterocycles. The lowest BCUT2D eigenvalue weighted by Gasteiger charge is -2.13. The summed E-state index contributed by atoms with van der Waals surface area (Å²) in [5.41, 5.74) is 2.40. The van der Waals surface area contributed by atoms with Crippen molar-refractivity contribution in [1.82, 2.24) is 9.55 Å². The molecule has 0 saturated heterocycles. The van der Waals surface area contributed by atoms with Gasteiger partial charge in [-0.1, -0.05) is 23.9 Å². The smallest absolute Gasteiger partial charge is 0.263 e. The first-order valence-corrected chi connectivity index (χ1v) is 12.8. The molecule has 0 fully saturated rings. The van der Waals surface area contributed by atoms with E-state index in [1.54, 1.807) is 35.0 Å². The second kappa shape index (κ2) is 9.85. The molecule has 4 aromatic rings. The summed E-state index contributed by atoms with van der Waals surface area (Å²) in [5, 5.41) is 5.28. The van der Waals surface area contributed by atoms with Crippen LogP contribution in [-0.2, 0) is 12.3 Å². The molecule has 0 N–H and O–H groups in total. The van der Waals surface area contributed by atoms with Crippen molar-refractivity contribution in [2.45, 2.75) is 31.3 Å². The molecule has 32 heavy (non-hydrogen) atoms. The maximum atomic E-state index is 13.4. The van der Waals surface area contributed by atoms with E-state index in [0.29, 0.717) is 35.0 Å². The second-order valence-corrected chi connectivity index (χ2v) is 9.75. The van der Waals surface area contributed by atoms with E-state index in [9.17, 15) is 9.59 Å². The lowest BCUT2D eigenvalue weighted by Crippen LogP contribution is -2.22. The number of rotatable bonds is 9. The maximum absolute atomic E-state index is 13.4. The van der Waals surface area contributed by atoms with E-state index < -0.39 is 0 Å². The van der Waals surface area contributed by atoms with Gasteiger partial charge in [-0.2, -0.15) is 0 Å². The van der Waals surface area contributed by atoms with Crippen LogP contribution in [0.15, 0.2) is 63.7 Å². The molecule has 0 atom stereocenters. The lowest BCUT2D eigenvalue weighted by molar-refractivity contribution is 0.101. The Morgan fingerprint density at radius 2 is 2.16 bits per heavy atom. The third kappa shape index (κ3) is 4.44. The molecule has 0 radical (unpaired) electrons. The number of benzene rings is 1. The van der Waals surface area contributed by atoms with Crippen molar-refractivity contribution in [2.75, 3.05) is 6.61 Å². The lowest BCUT2D eigenvalue weighted by atomic mass is 10.1. The SMILES string of the molecule is C=CCn1c(SCc2cc(C(C)=O)ccc2OCC)nc2scc(-c3cccs3)c2c1=O. The van der Waals surface area contributed by atoms with E-state index in [-0.39, 0.29) is 11.3 Å². The van der Waals surface area contributed by atoms with Crippen LogP contribution in [-0.4, -0.2) is 21.9 Å². The number of hydrogen-bond donors (Lipinski definition) is 0. The van der Waals surface area contributed by atoms with Gasteiger partial charge < -0.3 is 4.74 Å². The Kier molecular flexibility index (Phi) is 6.93. The third-order valence-electron chi connectivity index (χ3n) is 4.88. The summed E-state index contributed by atoms with van der Waals surface area (Å²) < 4.78 is 7.42. The zero-order valence-corrected chi connectivity index (χ0v) is 20.2. The number of aromatic nitrogens is 2. The normalized spacial score (nSPS) is 11.1. The molecule has 164 valence electrons. The van der Waals surface area contributed by atoms with Gasteiger partial charge in [0.25, 0.3) is 5.56 Å². The number of Topliss-reactive ketones (excluding diaryl/α,β-unsaturated/α-hetero) is 1. The van der Waals surface area contributed by atoms with Gasteiger partial charge in [-0.3, -0.25) is 14.2 Å². The van der Waals surface area contributed by atoms with Crippen molar-refractivity contribution >= 4 is 50.4 Å². The van der Waals surface area contributed by atoms with Crippen molar-refractivity contribution in [1.29, 1.82) is 0 Å². The minimum Gasteiger partial charge on any atom is -0.494 e. The molecule has 0 bridgehead atoms. The van der Waals surface area contributed by atoms with E-state index in [4.69, 9.17) is 9.72 Å². The van der Waals surface area contributed by atoms with Gasteiger partial charge >= 0.3 is 0 Å². The van der Waals surface area contributed by atoms with Gasteiger partial charge in [0.15, 0.2) is 10.9 Å². The number of ether oxygens (including phenoxy) is 1. The standard InChI is InChI=1S/C24H22N2O3S3/c1-4-10-26-23(28)21-18(20-7-6-11-30-20)14-31-22(21)25-24(26)32-13-17-12-16(15(3)27)8-9-19(17)29-5-2/h4,6-9,11-12,14H,1,5,10,13H2,2-3H3. The fraction of sp³-hybridized carbons (Fsp3) is 0.208. The van der Waals surface area contributed by atoms with E-state index in [0.717, 1.165) is 26.6 Å². The molecule has 0 saturated carbocycles. The van der Waals surface area contributed by atoms with Crippen LogP contribution in [0, 0.1) is 0 Å². The van der Waals surface area contributed by atoms with Crippen molar-refractivity contribution < 1.29 is 9.53 Å². The fourth-order valence-corrected chi connectivity index (χ4v) is 6.16. The minimum atomic E-state index is -0.0652. The minimum absolute atomic E-state index is 0.00195. The molecule has 3 aromatic heterocycles. The summed E-state index contributed by atoms with van der Waals surface area (Å²) in [4.78, 5) is 31.9. The molecule has 1 aromatic carbocycles. The number of carbonyl (C=O) groups is 1. The Morgan fingerprint density at radius 3 is 2.84 bits per heavy atom. The van der Waals surface area contributed by atoms with Crippen molar-refractivity contribution in [3.05, 3.63) is 75.2 Å². The Labute approximate surface area is 198 Å². The highest BCUT2D eigenvalue weighted by Gasteiger charge is 2.18. The zero-order chi connectivity index (χ0) is 22.7. The predicted molar refractivity (Wildman–Crippen MR) is 135 cm³/mol. The van der Waals surface area contributed by atoms with Crippen LogP contribution in [0.2, 0.25) is 0 Å². The average Bonchev–Trinajstić information content (AvgIpc) is 3.45. The van der Waals surface area contributed by atoms with Crippen molar-refractivity contribution in [3.63, 3.8) is 0 Å². The first kappa shape index (κ1) is 22.5.